The lowest BCUT2D eigenvalue weighted by molar-refractivity contribution is -0.135. The highest BCUT2D eigenvalue weighted by atomic mass is 35.5. The number of amides is 1. The van der Waals surface area contributed by atoms with Gasteiger partial charge in [-0.1, -0.05) is 59.6 Å². The number of rotatable bonds is 12. The first kappa shape index (κ1) is 33.1. The molecule has 1 saturated heterocycles. The maximum Gasteiger partial charge on any atom is 0.389 e. The summed E-state index contributed by atoms with van der Waals surface area (Å²) < 4.78 is 40.4. The molecule has 11 heteroatoms. The van der Waals surface area contributed by atoms with Gasteiger partial charge in [0.1, 0.15) is 0 Å². The van der Waals surface area contributed by atoms with E-state index in [1.165, 1.54) is 0 Å². The summed E-state index contributed by atoms with van der Waals surface area (Å²) in [5.74, 6) is 0.657. The van der Waals surface area contributed by atoms with E-state index in [4.69, 9.17) is 28.2 Å². The zero-order valence-electron chi connectivity index (χ0n) is 25.2. The number of para-hydroxylation sites is 2. The Morgan fingerprint density at radius 2 is 1.71 bits per heavy atom. The molecule has 1 aliphatic heterocycles. The lowest BCUT2D eigenvalue weighted by Gasteiger charge is -2.34. The summed E-state index contributed by atoms with van der Waals surface area (Å²) in [6.45, 7) is 3.38. The summed E-state index contributed by atoms with van der Waals surface area (Å²) in [6.07, 6.45) is -2.40. The molecule has 2 heterocycles. The maximum atomic E-state index is 13.1. The number of aryl methyl sites for hydroxylation is 1. The van der Waals surface area contributed by atoms with Crippen molar-refractivity contribution in [1.82, 2.24) is 19.4 Å². The van der Waals surface area contributed by atoms with Crippen molar-refractivity contribution in [3.05, 3.63) is 94.0 Å². The van der Waals surface area contributed by atoms with Crippen LogP contribution in [-0.2, 0) is 6.54 Å². The van der Waals surface area contributed by atoms with Crippen molar-refractivity contribution in [2.75, 3.05) is 38.5 Å². The highest BCUT2D eigenvalue weighted by molar-refractivity contribution is 6.42. The van der Waals surface area contributed by atoms with Gasteiger partial charge < -0.3 is 19.7 Å². The quantitative estimate of drug-likeness (QED) is 0.166. The summed E-state index contributed by atoms with van der Waals surface area (Å²) in [5.41, 5.74) is 3.30. The summed E-state index contributed by atoms with van der Waals surface area (Å²) >= 11 is 12.6. The van der Waals surface area contributed by atoms with Crippen molar-refractivity contribution in [3.8, 4) is 0 Å². The predicted molar refractivity (Wildman–Crippen MR) is 175 cm³/mol. The van der Waals surface area contributed by atoms with E-state index < -0.39 is 12.6 Å². The first-order valence-corrected chi connectivity index (χ1v) is 16.1. The number of carbonyl (C=O) groups is 1. The van der Waals surface area contributed by atoms with Gasteiger partial charge in [-0.2, -0.15) is 13.2 Å². The minimum Gasteiger partial charge on any atom is -0.353 e. The van der Waals surface area contributed by atoms with Crippen LogP contribution in [0.25, 0.3) is 11.0 Å². The van der Waals surface area contributed by atoms with Crippen LogP contribution in [0.15, 0.2) is 72.8 Å². The Morgan fingerprint density at radius 1 is 1.00 bits per heavy atom. The number of hydrogen-bond acceptors (Lipinski definition) is 4. The fourth-order valence-corrected chi connectivity index (χ4v) is 6.32. The van der Waals surface area contributed by atoms with E-state index >= 15 is 0 Å². The smallest absolute Gasteiger partial charge is 0.353 e. The van der Waals surface area contributed by atoms with Gasteiger partial charge in [0, 0.05) is 57.2 Å². The Labute approximate surface area is 272 Å². The molecule has 3 aromatic carbocycles. The molecule has 0 aliphatic carbocycles. The topological polar surface area (TPSA) is 53.4 Å². The highest BCUT2D eigenvalue weighted by Gasteiger charge is 2.27. The normalized spacial score (nSPS) is 15.3. The standard InChI is InChI=1S/C34H38Cl2F3N5O/c1-42(32(45)24-8-3-2-4-9-24)23-26(25-12-13-28(35)29(36)22-25)14-19-43-20-15-27(16-21-43)40-33-41-30-10-5-6-11-31(30)44(33)18-7-17-34(37,38)39/h2-6,8-13,22,26-27H,7,14-21,23H2,1H3,(H,40,41). The molecule has 6 nitrogen and oxygen atoms in total. The van der Waals surface area contributed by atoms with Crippen LogP contribution in [0.4, 0.5) is 19.1 Å². The Hall–Kier alpha value is -3.27. The number of alkyl halides is 3. The first-order chi connectivity index (χ1) is 21.6. The molecule has 1 aromatic heterocycles. The van der Waals surface area contributed by atoms with E-state index in [1.807, 2.05) is 78.3 Å². The Bertz CT molecular complexity index is 1570. The van der Waals surface area contributed by atoms with E-state index in [-0.39, 0.29) is 30.8 Å². The number of nitrogens with zero attached hydrogens (tertiary/aromatic N) is 4. The molecule has 5 rings (SSSR count). The predicted octanol–water partition coefficient (Wildman–Crippen LogP) is 8.51. The van der Waals surface area contributed by atoms with Crippen molar-refractivity contribution in [3.63, 3.8) is 0 Å². The maximum absolute atomic E-state index is 13.1. The van der Waals surface area contributed by atoms with Crippen LogP contribution in [0.2, 0.25) is 10.0 Å². The van der Waals surface area contributed by atoms with Gasteiger partial charge in [-0.25, -0.2) is 4.98 Å². The number of aromatic nitrogens is 2. The second kappa shape index (κ2) is 14.9. The van der Waals surface area contributed by atoms with Gasteiger partial charge >= 0.3 is 6.18 Å². The number of hydrogen-bond donors (Lipinski definition) is 1. The molecule has 1 fully saturated rings. The molecule has 0 spiro atoms. The number of likely N-dealkylation sites (tertiary alicyclic amines) is 1. The van der Waals surface area contributed by atoms with Crippen LogP contribution in [0, 0.1) is 0 Å². The van der Waals surface area contributed by atoms with Gasteiger partial charge in [0.2, 0.25) is 5.95 Å². The number of halogens is 5. The second-order valence-electron chi connectivity index (χ2n) is 11.8. The number of fused-ring (bicyclic) bond motifs is 1. The largest absolute Gasteiger partial charge is 0.389 e. The lowest BCUT2D eigenvalue weighted by atomic mass is 9.94. The van der Waals surface area contributed by atoms with Crippen LogP contribution in [0.3, 0.4) is 0 Å². The number of piperidine rings is 1. The third kappa shape index (κ3) is 8.93. The van der Waals surface area contributed by atoms with E-state index in [2.05, 4.69) is 10.2 Å². The van der Waals surface area contributed by atoms with Gasteiger partial charge in [0.25, 0.3) is 5.91 Å². The van der Waals surface area contributed by atoms with Crippen LogP contribution < -0.4 is 5.32 Å². The Kier molecular flexibility index (Phi) is 10.9. The summed E-state index contributed by atoms with van der Waals surface area (Å²) in [5, 5.41) is 4.53. The molecule has 0 bridgehead atoms. The molecular weight excluding hydrogens is 622 g/mol. The van der Waals surface area contributed by atoms with Gasteiger partial charge in [0.05, 0.1) is 21.1 Å². The molecule has 4 aromatic rings. The van der Waals surface area contributed by atoms with Crippen molar-refractivity contribution in [2.24, 2.45) is 0 Å². The number of benzene rings is 3. The SMILES string of the molecule is CN(CC(CCN1CCC(Nc2nc3ccccc3n2CCCC(F)(F)F)CC1)c1ccc(Cl)c(Cl)c1)C(=O)c1ccccc1. The molecule has 1 unspecified atom stereocenters. The monoisotopic (exact) mass is 659 g/mol. The van der Waals surface area contributed by atoms with Crippen LogP contribution in [0.5, 0.6) is 0 Å². The van der Waals surface area contributed by atoms with E-state index in [9.17, 15) is 18.0 Å². The fraction of sp³-hybridized carbons (Fsp3) is 0.412. The fourth-order valence-electron chi connectivity index (χ4n) is 6.02. The molecule has 0 saturated carbocycles. The molecule has 0 radical (unpaired) electrons. The van der Waals surface area contributed by atoms with Crippen molar-refractivity contribution in [1.29, 1.82) is 0 Å². The van der Waals surface area contributed by atoms with E-state index in [0.717, 1.165) is 55.5 Å². The minimum absolute atomic E-state index is 0.00309. The number of likely N-dealkylation sites (N-methyl/N-ethyl adjacent to an activating group) is 1. The highest BCUT2D eigenvalue weighted by Crippen LogP contribution is 2.30. The van der Waals surface area contributed by atoms with Crippen LogP contribution >= 0.6 is 23.2 Å². The van der Waals surface area contributed by atoms with Crippen LogP contribution in [-0.4, -0.2) is 70.7 Å². The van der Waals surface area contributed by atoms with Gasteiger partial charge in [-0.3, -0.25) is 4.79 Å². The molecule has 1 amide bonds. The van der Waals surface area contributed by atoms with E-state index in [0.29, 0.717) is 28.1 Å². The van der Waals surface area contributed by atoms with Crippen molar-refractivity contribution >= 4 is 46.1 Å². The first-order valence-electron chi connectivity index (χ1n) is 15.3. The minimum atomic E-state index is -4.18. The molecule has 1 N–H and O–H groups in total. The molecule has 1 atom stereocenters. The zero-order chi connectivity index (χ0) is 32.0. The summed E-state index contributed by atoms with van der Waals surface area (Å²) in [4.78, 5) is 22.0. The number of nitrogens with one attached hydrogen (secondary N) is 1. The number of imidazole rings is 1. The van der Waals surface area contributed by atoms with Gasteiger partial charge in [-0.05, 0) is 74.2 Å². The second-order valence-corrected chi connectivity index (χ2v) is 12.6. The molecule has 45 heavy (non-hydrogen) atoms. The molecule has 240 valence electrons. The summed E-state index contributed by atoms with van der Waals surface area (Å²) in [7, 11) is 1.83. The third-order valence-corrected chi connectivity index (χ3v) is 9.23. The number of anilines is 1. The lowest BCUT2D eigenvalue weighted by Crippen LogP contribution is -2.40. The number of carbonyl (C=O) groups excluding carboxylic acids is 1. The Morgan fingerprint density at radius 3 is 2.42 bits per heavy atom. The van der Waals surface area contributed by atoms with Crippen LogP contribution in [0.1, 0.15) is 53.9 Å². The van der Waals surface area contributed by atoms with Gasteiger partial charge in [0.15, 0.2) is 0 Å². The average Bonchev–Trinajstić information content (AvgIpc) is 3.37. The molecular formula is C34H38Cl2F3N5O. The average molecular weight is 661 g/mol. The van der Waals surface area contributed by atoms with E-state index in [1.54, 1.807) is 11.0 Å². The molecule has 1 aliphatic rings. The van der Waals surface area contributed by atoms with Crippen molar-refractivity contribution in [2.45, 2.75) is 56.8 Å². The Balaban J connectivity index is 1.20. The van der Waals surface area contributed by atoms with Gasteiger partial charge in [-0.15, -0.1) is 0 Å². The zero-order valence-corrected chi connectivity index (χ0v) is 26.8. The third-order valence-electron chi connectivity index (χ3n) is 8.49. The van der Waals surface area contributed by atoms with Crippen molar-refractivity contribution < 1.29 is 18.0 Å². The summed E-state index contributed by atoms with van der Waals surface area (Å²) in [6, 6.07) is 22.7.